The van der Waals surface area contributed by atoms with E-state index in [4.69, 9.17) is 15.0 Å². The summed E-state index contributed by atoms with van der Waals surface area (Å²) in [6.07, 6.45) is 0.884. The lowest BCUT2D eigenvalue weighted by atomic mass is 9.90. The second kappa shape index (κ2) is 13.0. The number of halogens is 1. The predicted octanol–water partition coefficient (Wildman–Crippen LogP) is 12.0. The molecule has 1 heterocycles. The molecule has 0 bridgehead atoms. The van der Waals surface area contributed by atoms with E-state index < -0.39 is 0 Å². The third-order valence-corrected chi connectivity index (χ3v) is 10.4. The fraction of sp³-hybridized carbons (Fsp3) is 0.0217. The van der Waals surface area contributed by atoms with Gasteiger partial charge in [-0.3, -0.25) is 0 Å². The van der Waals surface area contributed by atoms with Crippen LogP contribution in [0, 0.1) is 3.57 Å². The van der Waals surface area contributed by atoms with Gasteiger partial charge in [-0.25, -0.2) is 15.0 Å². The highest BCUT2D eigenvalue weighted by Crippen LogP contribution is 2.47. The molecule has 0 saturated carbocycles. The Labute approximate surface area is 305 Å². The van der Waals surface area contributed by atoms with Gasteiger partial charge in [0.2, 0.25) is 0 Å². The van der Waals surface area contributed by atoms with Gasteiger partial charge in [-0.05, 0) is 109 Å². The summed E-state index contributed by atoms with van der Waals surface area (Å²) < 4.78 is 1.29. The van der Waals surface area contributed by atoms with Crippen LogP contribution in [0.25, 0.3) is 78.7 Å². The molecule has 0 radical (unpaired) electrons. The maximum absolute atomic E-state index is 5.03. The van der Waals surface area contributed by atoms with Gasteiger partial charge in [-0.15, -0.1) is 0 Å². The maximum atomic E-state index is 5.03. The van der Waals surface area contributed by atoms with Gasteiger partial charge in [0.05, 0.1) is 0 Å². The lowest BCUT2D eigenvalue weighted by Gasteiger charge is -2.15. The van der Waals surface area contributed by atoms with E-state index >= 15 is 0 Å². The van der Waals surface area contributed by atoms with Crippen molar-refractivity contribution in [1.29, 1.82) is 0 Å². The lowest BCUT2D eigenvalue weighted by Crippen LogP contribution is -2.00. The Morgan fingerprint density at radius 2 is 0.720 bits per heavy atom. The summed E-state index contributed by atoms with van der Waals surface area (Å²) in [4.78, 5) is 15.0. The molecule has 4 heteroatoms. The van der Waals surface area contributed by atoms with E-state index in [2.05, 4.69) is 132 Å². The van der Waals surface area contributed by atoms with Gasteiger partial charge in [-0.1, -0.05) is 140 Å². The quantitative estimate of drug-likeness (QED) is 0.159. The SMILES string of the molecule is Ic1cc(-c2ccccc2)cc2c1Cc1c(-c3cccc(-c4nc(-c5ccccc5)nc(-c5ccccc5)n4)c3)cc(-c3ccccc3)cc1-2. The highest BCUT2D eigenvalue weighted by Gasteiger charge is 2.26. The second-order valence-electron chi connectivity index (χ2n) is 12.6. The second-order valence-corrected chi connectivity index (χ2v) is 13.7. The Morgan fingerprint density at radius 3 is 1.26 bits per heavy atom. The molecule has 1 aliphatic carbocycles. The summed E-state index contributed by atoms with van der Waals surface area (Å²) in [5, 5.41) is 0. The lowest BCUT2D eigenvalue weighted by molar-refractivity contribution is 1.07. The van der Waals surface area contributed by atoms with Crippen molar-refractivity contribution in [3.8, 4) is 78.7 Å². The van der Waals surface area contributed by atoms with Crippen LogP contribution in [0.3, 0.4) is 0 Å². The van der Waals surface area contributed by atoms with E-state index in [-0.39, 0.29) is 0 Å². The molecule has 9 rings (SSSR count). The van der Waals surface area contributed by atoms with E-state index in [9.17, 15) is 0 Å². The monoisotopic (exact) mass is 751 g/mol. The fourth-order valence-corrected chi connectivity index (χ4v) is 7.77. The molecule has 0 saturated heterocycles. The van der Waals surface area contributed by atoms with Crippen LogP contribution in [0.4, 0.5) is 0 Å². The van der Waals surface area contributed by atoms with Crippen LogP contribution in [0.5, 0.6) is 0 Å². The standard InChI is InChI=1S/C46H30IN3/c47-43-28-37(31-16-7-2-8-17-31)27-40-39-26-36(30-14-5-1-6-15-30)25-38(41(39)29-42(40)43)34-22-13-23-35(24-34)46-49-44(32-18-9-3-10-19-32)48-45(50-46)33-20-11-4-12-21-33/h1-28H,29H2. The maximum Gasteiger partial charge on any atom is 0.164 e. The molecule has 0 unspecified atom stereocenters. The van der Waals surface area contributed by atoms with Gasteiger partial charge >= 0.3 is 0 Å². The average molecular weight is 752 g/mol. The molecule has 0 amide bonds. The molecular formula is C46H30IN3. The van der Waals surface area contributed by atoms with Crippen molar-refractivity contribution in [3.05, 3.63) is 185 Å². The Kier molecular flexibility index (Phi) is 7.86. The van der Waals surface area contributed by atoms with Crippen molar-refractivity contribution in [2.75, 3.05) is 0 Å². The van der Waals surface area contributed by atoms with Crippen molar-refractivity contribution in [2.45, 2.75) is 6.42 Å². The number of hydrogen-bond donors (Lipinski definition) is 0. The minimum absolute atomic E-state index is 0.653. The van der Waals surface area contributed by atoms with Crippen LogP contribution in [-0.4, -0.2) is 15.0 Å². The van der Waals surface area contributed by atoms with Crippen LogP contribution >= 0.6 is 22.6 Å². The third kappa shape index (κ3) is 5.71. The van der Waals surface area contributed by atoms with E-state index in [0.29, 0.717) is 17.5 Å². The van der Waals surface area contributed by atoms with Crippen LogP contribution in [0.15, 0.2) is 170 Å². The minimum atomic E-state index is 0.653. The van der Waals surface area contributed by atoms with Crippen LogP contribution < -0.4 is 0 Å². The Hall–Kier alpha value is -5.72. The van der Waals surface area contributed by atoms with Gasteiger partial charge in [0.15, 0.2) is 17.5 Å². The largest absolute Gasteiger partial charge is 0.208 e. The van der Waals surface area contributed by atoms with Crippen LogP contribution in [0.2, 0.25) is 0 Å². The molecule has 0 N–H and O–H groups in total. The molecule has 0 spiro atoms. The molecule has 0 fully saturated rings. The van der Waals surface area contributed by atoms with Crippen molar-refractivity contribution in [1.82, 2.24) is 15.0 Å². The molecule has 7 aromatic carbocycles. The number of nitrogens with zero attached hydrogens (tertiary/aromatic N) is 3. The first-order chi connectivity index (χ1) is 24.7. The molecule has 1 aliphatic rings. The minimum Gasteiger partial charge on any atom is -0.208 e. The summed E-state index contributed by atoms with van der Waals surface area (Å²) in [7, 11) is 0. The summed E-state index contributed by atoms with van der Waals surface area (Å²) in [6, 6.07) is 59.8. The predicted molar refractivity (Wildman–Crippen MR) is 213 cm³/mol. The molecule has 0 aliphatic heterocycles. The van der Waals surface area contributed by atoms with Crippen molar-refractivity contribution in [2.24, 2.45) is 0 Å². The van der Waals surface area contributed by atoms with E-state index in [0.717, 1.165) is 28.7 Å². The smallest absolute Gasteiger partial charge is 0.164 e. The van der Waals surface area contributed by atoms with Crippen molar-refractivity contribution in [3.63, 3.8) is 0 Å². The highest BCUT2D eigenvalue weighted by molar-refractivity contribution is 14.1. The zero-order chi connectivity index (χ0) is 33.4. The zero-order valence-corrected chi connectivity index (χ0v) is 29.3. The third-order valence-electron chi connectivity index (χ3n) is 9.43. The Morgan fingerprint density at radius 1 is 0.320 bits per heavy atom. The number of benzene rings is 7. The van der Waals surface area contributed by atoms with E-state index in [1.807, 2.05) is 60.7 Å². The Balaban J connectivity index is 1.22. The molecule has 50 heavy (non-hydrogen) atoms. The molecule has 3 nitrogen and oxygen atoms in total. The van der Waals surface area contributed by atoms with Gasteiger partial charge in [0.25, 0.3) is 0 Å². The number of rotatable bonds is 6. The molecule has 0 atom stereocenters. The summed E-state index contributed by atoms with van der Waals surface area (Å²) in [6.45, 7) is 0. The van der Waals surface area contributed by atoms with E-state index in [1.165, 1.54) is 53.6 Å². The Bertz CT molecular complexity index is 2440. The number of aromatic nitrogens is 3. The first kappa shape index (κ1) is 30.3. The topological polar surface area (TPSA) is 38.7 Å². The fourth-order valence-electron chi connectivity index (χ4n) is 6.95. The van der Waals surface area contributed by atoms with E-state index in [1.54, 1.807) is 0 Å². The average Bonchev–Trinajstić information content (AvgIpc) is 3.58. The summed E-state index contributed by atoms with van der Waals surface area (Å²) in [5.41, 5.74) is 15.5. The van der Waals surface area contributed by atoms with Crippen LogP contribution in [-0.2, 0) is 6.42 Å². The molecular weight excluding hydrogens is 721 g/mol. The highest BCUT2D eigenvalue weighted by atomic mass is 127. The molecule has 1 aromatic heterocycles. The summed E-state index contributed by atoms with van der Waals surface area (Å²) in [5.74, 6) is 1.97. The normalized spacial score (nSPS) is 11.6. The molecule has 8 aromatic rings. The summed E-state index contributed by atoms with van der Waals surface area (Å²) >= 11 is 2.53. The van der Waals surface area contributed by atoms with Gasteiger partial charge < -0.3 is 0 Å². The van der Waals surface area contributed by atoms with Gasteiger partial charge in [-0.2, -0.15) is 0 Å². The van der Waals surface area contributed by atoms with Gasteiger partial charge in [0, 0.05) is 26.7 Å². The van der Waals surface area contributed by atoms with Crippen LogP contribution in [0.1, 0.15) is 11.1 Å². The molecule has 236 valence electrons. The number of fused-ring (bicyclic) bond motifs is 3. The zero-order valence-electron chi connectivity index (χ0n) is 27.1. The van der Waals surface area contributed by atoms with Crippen molar-refractivity contribution >= 4 is 22.6 Å². The van der Waals surface area contributed by atoms with Crippen molar-refractivity contribution < 1.29 is 0 Å². The number of hydrogen-bond acceptors (Lipinski definition) is 3. The first-order valence-electron chi connectivity index (χ1n) is 16.8. The van der Waals surface area contributed by atoms with Gasteiger partial charge in [0.1, 0.15) is 0 Å². The first-order valence-corrected chi connectivity index (χ1v) is 17.8.